The van der Waals surface area contributed by atoms with Crippen LogP contribution >= 0.6 is 23.1 Å². The van der Waals surface area contributed by atoms with E-state index in [1.165, 1.54) is 23.1 Å². The molecule has 0 bridgehead atoms. The molecule has 0 fully saturated rings. The van der Waals surface area contributed by atoms with Crippen LogP contribution in [-0.2, 0) is 20.7 Å². The standard InChI is InChI=1S/C25H27N3O5S2/c1-3-4-12-33-24(31)17-8-10-18(11-9-17)26-22(29)14-20-15-34-25(28-20)35-16-23(30)27-19-6-5-7-21(13-19)32-2/h5-11,13,15H,3-4,12,14,16H2,1-2H3,(H,26,29)(H,27,30). The number of unbranched alkanes of at least 4 members (excludes halogenated alkanes) is 1. The number of esters is 1. The van der Waals surface area contributed by atoms with Gasteiger partial charge in [0.25, 0.3) is 0 Å². The number of methoxy groups -OCH3 is 1. The number of rotatable bonds is 12. The Morgan fingerprint density at radius 2 is 1.80 bits per heavy atom. The zero-order valence-corrected chi connectivity index (χ0v) is 21.2. The van der Waals surface area contributed by atoms with Gasteiger partial charge in [-0.05, 0) is 42.8 Å². The maximum absolute atomic E-state index is 12.4. The number of anilines is 2. The molecule has 1 heterocycles. The second-order valence-corrected chi connectivity index (χ2v) is 9.55. The van der Waals surface area contributed by atoms with Crippen molar-refractivity contribution in [3.63, 3.8) is 0 Å². The monoisotopic (exact) mass is 513 g/mol. The average Bonchev–Trinajstić information content (AvgIpc) is 3.30. The van der Waals surface area contributed by atoms with Crippen molar-refractivity contribution < 1.29 is 23.9 Å². The maximum atomic E-state index is 12.4. The summed E-state index contributed by atoms with van der Waals surface area (Å²) in [4.78, 5) is 41.0. The number of hydrogen-bond donors (Lipinski definition) is 2. The molecule has 0 atom stereocenters. The second kappa shape index (κ2) is 13.5. The first kappa shape index (κ1) is 26.2. The number of amides is 2. The highest BCUT2D eigenvalue weighted by Crippen LogP contribution is 2.24. The van der Waals surface area contributed by atoms with Crippen LogP contribution in [0, 0.1) is 0 Å². The molecule has 0 saturated carbocycles. The van der Waals surface area contributed by atoms with Gasteiger partial charge in [-0.25, -0.2) is 9.78 Å². The number of carbonyl (C=O) groups excluding carboxylic acids is 3. The largest absolute Gasteiger partial charge is 0.497 e. The summed E-state index contributed by atoms with van der Waals surface area (Å²) in [6, 6.07) is 13.7. The second-order valence-electron chi connectivity index (χ2n) is 7.47. The first-order valence-electron chi connectivity index (χ1n) is 11.0. The molecule has 10 heteroatoms. The number of benzene rings is 2. The van der Waals surface area contributed by atoms with Gasteiger partial charge in [0, 0.05) is 22.8 Å². The predicted molar refractivity (Wildman–Crippen MR) is 138 cm³/mol. The Balaban J connectivity index is 1.43. The van der Waals surface area contributed by atoms with Gasteiger partial charge in [0.1, 0.15) is 5.75 Å². The van der Waals surface area contributed by atoms with Crippen LogP contribution < -0.4 is 15.4 Å². The molecular formula is C25H27N3O5S2. The zero-order chi connectivity index (χ0) is 25.0. The van der Waals surface area contributed by atoms with Gasteiger partial charge in [-0.2, -0.15) is 0 Å². The number of carbonyl (C=O) groups is 3. The molecule has 8 nitrogen and oxygen atoms in total. The number of thiazole rings is 1. The van der Waals surface area contributed by atoms with E-state index in [1.807, 2.05) is 6.92 Å². The Kier molecular flexibility index (Phi) is 10.1. The lowest BCUT2D eigenvalue weighted by molar-refractivity contribution is -0.116. The molecule has 2 amide bonds. The molecule has 0 saturated heterocycles. The van der Waals surface area contributed by atoms with Crippen molar-refractivity contribution in [1.82, 2.24) is 4.98 Å². The van der Waals surface area contributed by atoms with Crippen molar-refractivity contribution in [1.29, 1.82) is 0 Å². The fourth-order valence-corrected chi connectivity index (χ4v) is 4.56. The molecule has 0 aliphatic carbocycles. The Bertz CT molecular complexity index is 1150. The Labute approximate surface area is 212 Å². The summed E-state index contributed by atoms with van der Waals surface area (Å²) in [5.74, 6) is 0.111. The molecule has 0 radical (unpaired) electrons. The number of aromatic nitrogens is 1. The van der Waals surface area contributed by atoms with E-state index >= 15 is 0 Å². The summed E-state index contributed by atoms with van der Waals surface area (Å²) in [6.45, 7) is 2.43. The van der Waals surface area contributed by atoms with Crippen molar-refractivity contribution in [2.45, 2.75) is 30.5 Å². The van der Waals surface area contributed by atoms with Gasteiger partial charge >= 0.3 is 5.97 Å². The van der Waals surface area contributed by atoms with Crippen molar-refractivity contribution in [2.24, 2.45) is 0 Å². The lowest BCUT2D eigenvalue weighted by Gasteiger charge is -2.07. The van der Waals surface area contributed by atoms with Crippen LogP contribution in [0.15, 0.2) is 58.3 Å². The summed E-state index contributed by atoms with van der Waals surface area (Å²) in [6.07, 6.45) is 1.89. The molecule has 2 N–H and O–H groups in total. The third-order valence-corrected chi connectivity index (χ3v) is 6.76. The first-order valence-corrected chi connectivity index (χ1v) is 12.9. The van der Waals surface area contributed by atoms with E-state index in [1.54, 1.807) is 61.0 Å². The van der Waals surface area contributed by atoms with E-state index < -0.39 is 0 Å². The van der Waals surface area contributed by atoms with Gasteiger partial charge in [0.2, 0.25) is 11.8 Å². The molecule has 0 unspecified atom stereocenters. The molecule has 0 spiro atoms. The van der Waals surface area contributed by atoms with Crippen LogP contribution in [0.4, 0.5) is 11.4 Å². The Morgan fingerprint density at radius 3 is 2.54 bits per heavy atom. The van der Waals surface area contributed by atoms with Crippen molar-refractivity contribution in [3.05, 3.63) is 65.2 Å². The number of nitrogens with one attached hydrogen (secondary N) is 2. The third kappa shape index (κ3) is 8.73. The smallest absolute Gasteiger partial charge is 0.338 e. The van der Waals surface area contributed by atoms with E-state index in [0.717, 1.165) is 12.8 Å². The average molecular weight is 514 g/mol. The molecule has 3 rings (SSSR count). The molecule has 0 aliphatic rings. The van der Waals surface area contributed by atoms with Gasteiger partial charge < -0.3 is 20.1 Å². The minimum atomic E-state index is -0.374. The van der Waals surface area contributed by atoms with E-state index in [0.29, 0.717) is 39.3 Å². The first-order chi connectivity index (χ1) is 17.0. The van der Waals surface area contributed by atoms with Crippen molar-refractivity contribution >= 4 is 52.3 Å². The molecular weight excluding hydrogens is 486 g/mol. The van der Waals surface area contributed by atoms with Crippen molar-refractivity contribution in [2.75, 3.05) is 30.1 Å². The number of hydrogen-bond acceptors (Lipinski definition) is 8. The fraction of sp³-hybridized carbons (Fsp3) is 0.280. The van der Waals surface area contributed by atoms with E-state index in [9.17, 15) is 14.4 Å². The summed E-state index contributed by atoms with van der Waals surface area (Å²) in [5.41, 5.74) is 2.31. The van der Waals surface area contributed by atoms with Crippen LogP contribution in [-0.4, -0.2) is 42.2 Å². The molecule has 0 aliphatic heterocycles. The van der Waals surface area contributed by atoms with E-state index in [2.05, 4.69) is 15.6 Å². The van der Waals surface area contributed by atoms with E-state index in [4.69, 9.17) is 9.47 Å². The summed E-state index contributed by atoms with van der Waals surface area (Å²) in [7, 11) is 1.57. The zero-order valence-electron chi connectivity index (χ0n) is 19.5. The number of nitrogens with zero attached hydrogens (tertiary/aromatic N) is 1. The van der Waals surface area contributed by atoms with Gasteiger partial charge in [-0.1, -0.05) is 31.2 Å². The van der Waals surface area contributed by atoms with Crippen LogP contribution in [0.3, 0.4) is 0 Å². The molecule has 3 aromatic rings. The highest BCUT2D eigenvalue weighted by Gasteiger charge is 2.12. The predicted octanol–water partition coefficient (Wildman–Crippen LogP) is 5.02. The number of ether oxygens (including phenoxy) is 2. The van der Waals surface area contributed by atoms with Gasteiger partial charge in [-0.3, -0.25) is 9.59 Å². The SMILES string of the molecule is CCCCOC(=O)c1ccc(NC(=O)Cc2csc(SCC(=O)Nc3cccc(OC)c3)n2)cc1. The van der Waals surface area contributed by atoms with Crippen LogP contribution in [0.2, 0.25) is 0 Å². The van der Waals surface area contributed by atoms with Crippen LogP contribution in [0.1, 0.15) is 35.8 Å². The van der Waals surface area contributed by atoms with Gasteiger partial charge in [0.15, 0.2) is 4.34 Å². The lowest BCUT2D eigenvalue weighted by Crippen LogP contribution is -2.15. The summed E-state index contributed by atoms with van der Waals surface area (Å²) >= 11 is 2.70. The minimum absolute atomic E-state index is 0.105. The maximum Gasteiger partial charge on any atom is 0.338 e. The molecule has 35 heavy (non-hydrogen) atoms. The highest BCUT2D eigenvalue weighted by molar-refractivity contribution is 8.01. The third-order valence-electron chi connectivity index (χ3n) is 4.69. The Hall–Kier alpha value is -3.37. The van der Waals surface area contributed by atoms with Gasteiger partial charge in [0.05, 0.1) is 37.1 Å². The Morgan fingerprint density at radius 1 is 1.03 bits per heavy atom. The lowest BCUT2D eigenvalue weighted by atomic mass is 10.2. The van der Waals surface area contributed by atoms with E-state index in [-0.39, 0.29) is 30.0 Å². The van der Waals surface area contributed by atoms with Crippen molar-refractivity contribution in [3.8, 4) is 5.75 Å². The quantitative estimate of drug-likeness (QED) is 0.199. The highest BCUT2D eigenvalue weighted by atomic mass is 32.2. The number of thioether (sulfide) groups is 1. The molecule has 184 valence electrons. The van der Waals surface area contributed by atoms with Crippen LogP contribution in [0.5, 0.6) is 5.75 Å². The summed E-state index contributed by atoms with van der Waals surface area (Å²) in [5, 5.41) is 7.42. The molecule has 2 aromatic carbocycles. The van der Waals surface area contributed by atoms with Crippen LogP contribution in [0.25, 0.3) is 0 Å². The minimum Gasteiger partial charge on any atom is -0.497 e. The molecule has 1 aromatic heterocycles. The topological polar surface area (TPSA) is 107 Å². The van der Waals surface area contributed by atoms with Gasteiger partial charge in [-0.15, -0.1) is 11.3 Å². The fourth-order valence-electron chi connectivity index (χ4n) is 2.91. The summed E-state index contributed by atoms with van der Waals surface area (Å²) < 4.78 is 11.0. The normalized spacial score (nSPS) is 10.5.